The van der Waals surface area contributed by atoms with E-state index in [0.29, 0.717) is 0 Å². The van der Waals surface area contributed by atoms with Crippen molar-refractivity contribution >= 4 is 0 Å². The van der Waals surface area contributed by atoms with Gasteiger partial charge in [0.2, 0.25) is 0 Å². The van der Waals surface area contributed by atoms with Crippen LogP contribution in [0.25, 0.3) is 0 Å². The Morgan fingerprint density at radius 3 is 1.67 bits per heavy atom. The molecule has 0 aromatic carbocycles. The van der Waals surface area contributed by atoms with Crippen molar-refractivity contribution in [1.29, 1.82) is 0 Å². The quantitative estimate of drug-likeness (QED) is 0.368. The van der Waals surface area contributed by atoms with Gasteiger partial charge >= 0.3 is 0 Å². The molecular weight excluding hydrogens is 332 g/mol. The van der Waals surface area contributed by atoms with Crippen LogP contribution in [0.2, 0.25) is 0 Å². The van der Waals surface area contributed by atoms with E-state index in [1.165, 1.54) is 28.7 Å². The summed E-state index contributed by atoms with van der Waals surface area (Å²) in [4.78, 5) is 0. The maximum absolute atomic E-state index is 5.78. The molecule has 0 aliphatic carbocycles. The van der Waals surface area contributed by atoms with E-state index in [4.69, 9.17) is 9.47 Å². The summed E-state index contributed by atoms with van der Waals surface area (Å²) in [7, 11) is 0. The van der Waals surface area contributed by atoms with Crippen LogP contribution in [0.3, 0.4) is 0 Å². The van der Waals surface area contributed by atoms with Crippen molar-refractivity contribution in [3.8, 4) is 0 Å². The monoisotopic (exact) mass is 374 g/mol. The molecule has 1 rings (SSSR count). The van der Waals surface area contributed by atoms with Crippen LogP contribution in [0.15, 0.2) is 46.6 Å². The van der Waals surface area contributed by atoms with Crippen LogP contribution in [0.5, 0.6) is 0 Å². The first kappa shape index (κ1) is 23.9. The summed E-state index contributed by atoms with van der Waals surface area (Å²) < 4.78 is 11.6. The van der Waals surface area contributed by atoms with E-state index in [-0.39, 0.29) is 11.7 Å². The van der Waals surface area contributed by atoms with Crippen molar-refractivity contribution in [3.05, 3.63) is 46.6 Å². The fraction of sp³-hybridized carbons (Fsp3) is 0.680. The smallest absolute Gasteiger partial charge is 0.177 e. The lowest BCUT2D eigenvalue weighted by molar-refractivity contribution is -0.197. The third kappa shape index (κ3) is 12.0. The number of ether oxygens (including phenoxy) is 2. The van der Waals surface area contributed by atoms with Gasteiger partial charge in [-0.1, -0.05) is 54.4 Å². The minimum Gasteiger partial charge on any atom is -0.348 e. The van der Waals surface area contributed by atoms with E-state index in [2.05, 4.69) is 72.8 Å². The van der Waals surface area contributed by atoms with Gasteiger partial charge in [-0.25, -0.2) is 0 Å². The summed E-state index contributed by atoms with van der Waals surface area (Å²) in [5, 5.41) is 0. The Bertz CT molecular complexity index is 547. The van der Waals surface area contributed by atoms with Crippen molar-refractivity contribution in [1.82, 2.24) is 0 Å². The zero-order valence-corrected chi connectivity index (χ0v) is 18.9. The molecule has 0 radical (unpaired) electrons. The zero-order valence-electron chi connectivity index (χ0n) is 18.9. The highest BCUT2D eigenvalue weighted by atomic mass is 16.7. The van der Waals surface area contributed by atoms with Gasteiger partial charge < -0.3 is 9.47 Å². The molecule has 1 aliphatic rings. The minimum absolute atomic E-state index is 0.135. The second-order valence-corrected chi connectivity index (χ2v) is 9.17. The van der Waals surface area contributed by atoms with Gasteiger partial charge in [0.05, 0.1) is 13.2 Å². The van der Waals surface area contributed by atoms with Crippen molar-refractivity contribution in [2.24, 2.45) is 5.41 Å². The summed E-state index contributed by atoms with van der Waals surface area (Å²) in [6.07, 6.45) is 15.9. The van der Waals surface area contributed by atoms with Crippen LogP contribution in [-0.2, 0) is 9.47 Å². The van der Waals surface area contributed by atoms with E-state index in [1.54, 1.807) is 0 Å². The van der Waals surface area contributed by atoms with Gasteiger partial charge in [0.25, 0.3) is 0 Å². The third-order valence-corrected chi connectivity index (χ3v) is 4.85. The first-order valence-corrected chi connectivity index (χ1v) is 10.5. The van der Waals surface area contributed by atoms with Crippen molar-refractivity contribution < 1.29 is 9.47 Å². The van der Waals surface area contributed by atoms with Crippen LogP contribution in [0.4, 0.5) is 0 Å². The second-order valence-electron chi connectivity index (χ2n) is 9.17. The maximum atomic E-state index is 5.78. The van der Waals surface area contributed by atoms with Gasteiger partial charge in [-0.2, -0.15) is 0 Å². The van der Waals surface area contributed by atoms with Crippen LogP contribution in [-0.4, -0.2) is 19.5 Å². The topological polar surface area (TPSA) is 18.5 Å². The molecule has 154 valence electrons. The molecule has 0 aromatic heterocycles. The van der Waals surface area contributed by atoms with Crippen molar-refractivity contribution in [2.75, 3.05) is 13.2 Å². The first-order chi connectivity index (χ1) is 12.7. The molecule has 0 aromatic rings. The second kappa shape index (κ2) is 12.4. The molecule has 0 amide bonds. The van der Waals surface area contributed by atoms with Gasteiger partial charge in [0.15, 0.2) is 6.29 Å². The molecular formula is C25H42O2. The Balaban J connectivity index is 2.25. The molecule has 2 nitrogen and oxygen atoms in total. The van der Waals surface area contributed by atoms with E-state index in [0.717, 1.165) is 45.3 Å². The highest BCUT2D eigenvalue weighted by molar-refractivity contribution is 5.07. The van der Waals surface area contributed by atoms with Gasteiger partial charge in [-0.3, -0.25) is 0 Å². The maximum Gasteiger partial charge on any atom is 0.177 e. The lowest BCUT2D eigenvalue weighted by Crippen LogP contribution is -2.36. The van der Waals surface area contributed by atoms with Crippen molar-refractivity contribution in [2.45, 2.75) is 93.3 Å². The number of allylic oxidation sites excluding steroid dienone is 7. The predicted octanol–water partition coefficient (Wildman–Crippen LogP) is 7.53. The van der Waals surface area contributed by atoms with Crippen LogP contribution in [0, 0.1) is 5.41 Å². The summed E-state index contributed by atoms with van der Waals surface area (Å²) >= 11 is 0. The van der Waals surface area contributed by atoms with Crippen LogP contribution in [0.1, 0.15) is 87.0 Å². The summed E-state index contributed by atoms with van der Waals surface area (Å²) in [5.74, 6) is 0. The molecule has 0 atom stereocenters. The Morgan fingerprint density at radius 2 is 1.19 bits per heavy atom. The average Bonchev–Trinajstić information content (AvgIpc) is 2.56. The summed E-state index contributed by atoms with van der Waals surface area (Å²) in [6.45, 7) is 16.9. The van der Waals surface area contributed by atoms with Crippen LogP contribution < -0.4 is 0 Å². The normalized spacial score (nSPS) is 19.3. The fourth-order valence-electron chi connectivity index (χ4n) is 3.00. The highest BCUT2D eigenvalue weighted by Crippen LogP contribution is 2.24. The lowest BCUT2D eigenvalue weighted by atomic mass is 9.95. The predicted molar refractivity (Wildman–Crippen MR) is 118 cm³/mol. The van der Waals surface area contributed by atoms with Crippen molar-refractivity contribution in [3.63, 3.8) is 0 Å². The van der Waals surface area contributed by atoms with E-state index in [9.17, 15) is 0 Å². The molecule has 0 bridgehead atoms. The Kier molecular flexibility index (Phi) is 10.9. The molecule has 1 aliphatic heterocycles. The molecule has 1 heterocycles. The Hall–Kier alpha value is -1.12. The number of rotatable bonds is 10. The fourth-order valence-corrected chi connectivity index (χ4v) is 3.00. The highest BCUT2D eigenvalue weighted by Gasteiger charge is 2.27. The Labute approximate surface area is 168 Å². The largest absolute Gasteiger partial charge is 0.348 e. The lowest BCUT2D eigenvalue weighted by Gasteiger charge is -2.33. The zero-order chi connectivity index (χ0) is 20.3. The van der Waals surface area contributed by atoms with E-state index in [1.807, 2.05) is 0 Å². The van der Waals surface area contributed by atoms with E-state index < -0.39 is 0 Å². The first-order valence-electron chi connectivity index (χ1n) is 10.5. The molecule has 0 N–H and O–H groups in total. The molecule has 2 heteroatoms. The Morgan fingerprint density at radius 1 is 0.741 bits per heavy atom. The summed E-state index contributed by atoms with van der Waals surface area (Å²) in [6, 6.07) is 0. The van der Waals surface area contributed by atoms with Gasteiger partial charge in [0.1, 0.15) is 0 Å². The summed E-state index contributed by atoms with van der Waals surface area (Å²) in [5.41, 5.74) is 5.89. The molecule has 0 unspecified atom stereocenters. The number of hydrogen-bond acceptors (Lipinski definition) is 2. The van der Waals surface area contributed by atoms with Gasteiger partial charge in [-0.05, 0) is 79.2 Å². The van der Waals surface area contributed by atoms with Crippen LogP contribution >= 0.6 is 0 Å². The van der Waals surface area contributed by atoms with E-state index >= 15 is 0 Å². The van der Waals surface area contributed by atoms with Gasteiger partial charge in [-0.15, -0.1) is 0 Å². The average molecular weight is 375 g/mol. The SMILES string of the molecule is CC(C)=CCC/C(C)=C/CC/C(C)=C/CC/C(C)=C/C1OCC(C)(C)CO1. The molecule has 0 spiro atoms. The molecule has 27 heavy (non-hydrogen) atoms. The molecule has 1 saturated heterocycles. The third-order valence-electron chi connectivity index (χ3n) is 4.85. The van der Waals surface area contributed by atoms with Gasteiger partial charge in [0, 0.05) is 5.41 Å². The minimum atomic E-state index is -0.164. The standard InChI is InChI=1S/C25H42O2/c1-20(2)11-8-12-21(3)13-9-14-22(4)15-10-16-23(5)17-24-26-18-25(6,7)19-27-24/h11,13,15,17,24H,8-10,12,14,16,18-19H2,1-7H3/b21-13+,22-15+,23-17+. The number of hydrogen-bond donors (Lipinski definition) is 0. The molecule has 0 saturated carbocycles. The molecule has 1 fully saturated rings.